The van der Waals surface area contributed by atoms with Crippen molar-refractivity contribution in [1.82, 2.24) is 10.6 Å². The first-order chi connectivity index (χ1) is 12.9. The molecule has 2 rings (SSSR count). The highest BCUT2D eigenvalue weighted by molar-refractivity contribution is 14.0. The van der Waals surface area contributed by atoms with Crippen LogP contribution in [0.1, 0.15) is 27.2 Å². The van der Waals surface area contributed by atoms with Crippen LogP contribution in [0.25, 0.3) is 0 Å². The molecule has 0 aromatic heterocycles. The molecule has 0 saturated carbocycles. The summed E-state index contributed by atoms with van der Waals surface area (Å²) in [5.41, 5.74) is 1.13. The van der Waals surface area contributed by atoms with Crippen LogP contribution in [0, 0.1) is 0 Å². The maximum absolute atomic E-state index is 5.40. The molecule has 1 aliphatic rings. The molecule has 1 saturated heterocycles. The van der Waals surface area contributed by atoms with E-state index < -0.39 is 0 Å². The van der Waals surface area contributed by atoms with Gasteiger partial charge in [-0.3, -0.25) is 4.99 Å². The predicted molar refractivity (Wildman–Crippen MR) is 132 cm³/mol. The molecule has 1 fully saturated rings. The van der Waals surface area contributed by atoms with Gasteiger partial charge >= 0.3 is 0 Å². The largest absolute Gasteiger partial charge is 0.497 e. The monoisotopic (exact) mass is 522 g/mol. The number of hydrogen-bond donors (Lipinski definition) is 2. The first-order valence-corrected chi connectivity index (χ1v) is 10.7. The van der Waals surface area contributed by atoms with E-state index in [-0.39, 0.29) is 28.7 Å². The number of ether oxygens (including phenoxy) is 2. The standard InChI is InChI=1S/C20H34N4O2S.HI/c1-7-21-19(22-14-20(2,3)27-6)23-15-8-9-24(13-15)16-10-17(25-4)12-18(11-16)26-5;/h10-12,15H,7-9,13-14H2,1-6H3,(H2,21,22,23);1H. The summed E-state index contributed by atoms with van der Waals surface area (Å²) < 4.78 is 10.9. The fourth-order valence-electron chi connectivity index (χ4n) is 2.93. The first-order valence-electron chi connectivity index (χ1n) is 9.48. The maximum Gasteiger partial charge on any atom is 0.191 e. The second-order valence-corrected chi connectivity index (χ2v) is 8.82. The SMILES string of the molecule is CCNC(=NCC(C)(C)SC)NC1CCN(c2cc(OC)cc(OC)c2)C1.I. The Morgan fingerprint density at radius 2 is 1.89 bits per heavy atom. The molecule has 1 aliphatic heterocycles. The number of nitrogens with zero attached hydrogens (tertiary/aromatic N) is 2. The van der Waals surface area contributed by atoms with Crippen molar-refractivity contribution in [2.24, 2.45) is 4.99 Å². The van der Waals surface area contributed by atoms with E-state index in [9.17, 15) is 0 Å². The lowest BCUT2D eigenvalue weighted by Gasteiger charge is -2.23. The summed E-state index contributed by atoms with van der Waals surface area (Å²) in [5.74, 6) is 2.53. The highest BCUT2D eigenvalue weighted by atomic mass is 127. The molecule has 1 heterocycles. The number of guanidine groups is 1. The lowest BCUT2D eigenvalue weighted by atomic mass is 10.2. The summed E-state index contributed by atoms with van der Waals surface area (Å²) in [7, 11) is 3.37. The summed E-state index contributed by atoms with van der Waals surface area (Å²) in [6.07, 6.45) is 3.20. The number of methoxy groups -OCH3 is 2. The van der Waals surface area contributed by atoms with E-state index in [1.54, 1.807) is 14.2 Å². The summed E-state index contributed by atoms with van der Waals surface area (Å²) in [6.45, 7) is 10.1. The topological polar surface area (TPSA) is 58.1 Å². The molecule has 0 spiro atoms. The molecule has 6 nitrogen and oxygen atoms in total. The molecular weight excluding hydrogens is 487 g/mol. The summed E-state index contributed by atoms with van der Waals surface area (Å²) in [4.78, 5) is 7.15. The Bertz CT molecular complexity index is 620. The van der Waals surface area contributed by atoms with Crippen LogP contribution in [-0.2, 0) is 0 Å². The summed E-state index contributed by atoms with van der Waals surface area (Å²) in [6, 6.07) is 6.38. The van der Waals surface area contributed by atoms with Crippen molar-refractivity contribution < 1.29 is 9.47 Å². The van der Waals surface area contributed by atoms with Gasteiger partial charge in [0.25, 0.3) is 0 Å². The Hall–Kier alpha value is -1.03. The average molecular weight is 522 g/mol. The van der Waals surface area contributed by atoms with Crippen molar-refractivity contribution in [3.05, 3.63) is 18.2 Å². The van der Waals surface area contributed by atoms with Crippen molar-refractivity contribution in [2.45, 2.75) is 38.0 Å². The van der Waals surface area contributed by atoms with Gasteiger partial charge in [-0.15, -0.1) is 24.0 Å². The fraction of sp³-hybridized carbons (Fsp3) is 0.650. The Morgan fingerprint density at radius 1 is 1.25 bits per heavy atom. The van der Waals surface area contributed by atoms with E-state index in [4.69, 9.17) is 14.5 Å². The van der Waals surface area contributed by atoms with Crippen molar-refractivity contribution >= 4 is 47.4 Å². The molecule has 2 N–H and O–H groups in total. The number of anilines is 1. The molecule has 0 aliphatic carbocycles. The molecule has 8 heteroatoms. The fourth-order valence-corrected chi connectivity index (χ4v) is 3.13. The van der Waals surface area contributed by atoms with Gasteiger partial charge in [-0.05, 0) is 33.4 Å². The molecule has 1 atom stereocenters. The number of rotatable bonds is 8. The molecule has 0 amide bonds. The lowest BCUT2D eigenvalue weighted by Crippen LogP contribution is -2.45. The third kappa shape index (κ3) is 7.42. The molecule has 160 valence electrons. The molecule has 28 heavy (non-hydrogen) atoms. The zero-order valence-corrected chi connectivity index (χ0v) is 21.0. The van der Waals surface area contributed by atoms with E-state index >= 15 is 0 Å². The Morgan fingerprint density at radius 3 is 2.43 bits per heavy atom. The maximum atomic E-state index is 5.40. The molecular formula is C20H35IN4O2S. The van der Waals surface area contributed by atoms with Gasteiger partial charge in [-0.2, -0.15) is 11.8 Å². The highest BCUT2D eigenvalue weighted by Crippen LogP contribution is 2.30. The van der Waals surface area contributed by atoms with Crippen LogP contribution in [-0.4, -0.2) is 63.4 Å². The highest BCUT2D eigenvalue weighted by Gasteiger charge is 2.24. The van der Waals surface area contributed by atoms with Crippen molar-refractivity contribution in [1.29, 1.82) is 0 Å². The van der Waals surface area contributed by atoms with E-state index in [1.807, 2.05) is 17.8 Å². The van der Waals surface area contributed by atoms with Gasteiger partial charge in [0, 0.05) is 54.3 Å². The van der Waals surface area contributed by atoms with Gasteiger partial charge in [-0.1, -0.05) is 0 Å². The summed E-state index contributed by atoms with van der Waals surface area (Å²) in [5, 5.41) is 6.96. The predicted octanol–water partition coefficient (Wildman–Crippen LogP) is 3.60. The smallest absolute Gasteiger partial charge is 0.191 e. The van der Waals surface area contributed by atoms with Crippen LogP contribution in [0.15, 0.2) is 23.2 Å². The van der Waals surface area contributed by atoms with Gasteiger partial charge in [0.05, 0.1) is 20.8 Å². The Kier molecular flexibility index (Phi) is 10.6. The zero-order valence-electron chi connectivity index (χ0n) is 17.9. The summed E-state index contributed by atoms with van der Waals surface area (Å²) >= 11 is 1.84. The van der Waals surface area contributed by atoms with E-state index in [0.29, 0.717) is 6.04 Å². The Balaban J connectivity index is 0.00000392. The van der Waals surface area contributed by atoms with E-state index in [0.717, 1.165) is 55.7 Å². The second kappa shape index (κ2) is 11.8. The third-order valence-electron chi connectivity index (χ3n) is 4.75. The van der Waals surface area contributed by atoms with Gasteiger partial charge < -0.3 is 25.0 Å². The quantitative estimate of drug-likeness (QED) is 0.309. The molecule has 0 radical (unpaired) electrons. The number of nitrogens with one attached hydrogen (secondary N) is 2. The van der Waals surface area contributed by atoms with Crippen LogP contribution >= 0.6 is 35.7 Å². The average Bonchev–Trinajstić information content (AvgIpc) is 3.14. The lowest BCUT2D eigenvalue weighted by molar-refractivity contribution is 0.394. The first kappa shape index (κ1) is 25.0. The van der Waals surface area contributed by atoms with Gasteiger partial charge in [-0.25, -0.2) is 0 Å². The van der Waals surface area contributed by atoms with Gasteiger partial charge in [0.15, 0.2) is 5.96 Å². The molecule has 1 aromatic rings. The second-order valence-electron chi connectivity index (χ2n) is 7.31. The molecule has 1 unspecified atom stereocenters. The van der Waals surface area contributed by atoms with E-state index in [1.165, 1.54) is 0 Å². The minimum atomic E-state index is 0. The zero-order chi connectivity index (χ0) is 19.9. The Labute approximate surface area is 191 Å². The number of thioether (sulfide) groups is 1. The van der Waals surface area contributed by atoms with Crippen molar-refractivity contribution in [2.75, 3.05) is 51.6 Å². The minimum Gasteiger partial charge on any atom is -0.497 e. The van der Waals surface area contributed by atoms with Crippen LogP contribution in [0.5, 0.6) is 11.5 Å². The number of benzene rings is 1. The molecule has 0 bridgehead atoms. The van der Waals surface area contributed by atoms with E-state index in [2.05, 4.69) is 54.7 Å². The number of halogens is 1. The van der Waals surface area contributed by atoms with Gasteiger partial charge in [0.1, 0.15) is 11.5 Å². The minimum absolute atomic E-state index is 0. The van der Waals surface area contributed by atoms with Crippen LogP contribution in [0.2, 0.25) is 0 Å². The number of aliphatic imine (C=N–C) groups is 1. The van der Waals surface area contributed by atoms with Gasteiger partial charge in [0.2, 0.25) is 0 Å². The number of hydrogen-bond acceptors (Lipinski definition) is 5. The van der Waals surface area contributed by atoms with Crippen molar-refractivity contribution in [3.8, 4) is 11.5 Å². The van der Waals surface area contributed by atoms with Crippen LogP contribution < -0.4 is 25.0 Å². The third-order valence-corrected chi connectivity index (χ3v) is 5.98. The van der Waals surface area contributed by atoms with Crippen LogP contribution in [0.4, 0.5) is 5.69 Å². The molecule has 1 aromatic carbocycles. The van der Waals surface area contributed by atoms with Crippen LogP contribution in [0.3, 0.4) is 0 Å². The van der Waals surface area contributed by atoms with Crippen molar-refractivity contribution in [3.63, 3.8) is 0 Å². The normalized spacial score (nSPS) is 17.1.